The van der Waals surface area contributed by atoms with Gasteiger partial charge in [-0.25, -0.2) is 4.98 Å². The van der Waals surface area contributed by atoms with Crippen molar-refractivity contribution >= 4 is 17.6 Å². The van der Waals surface area contributed by atoms with Crippen LogP contribution in [0.4, 0.5) is 5.82 Å². The highest BCUT2D eigenvalue weighted by atomic mass is 32.2. The van der Waals surface area contributed by atoms with Crippen LogP contribution in [0.1, 0.15) is 45.0 Å². The minimum Gasteiger partial charge on any atom is -0.383 e. The molecule has 0 bridgehead atoms. The van der Waals surface area contributed by atoms with Gasteiger partial charge in [-0.1, -0.05) is 27.7 Å². The minimum absolute atomic E-state index is 0.100. The van der Waals surface area contributed by atoms with Crippen molar-refractivity contribution in [3.05, 3.63) is 21.7 Å². The first-order valence-electron chi connectivity index (χ1n) is 5.42. The molecule has 0 amide bonds. The summed E-state index contributed by atoms with van der Waals surface area (Å²) in [6.45, 7) is 8.08. The average Bonchev–Trinajstić information content (AvgIpc) is 2.12. The molecule has 0 atom stereocenters. The zero-order valence-corrected chi connectivity index (χ0v) is 11.0. The highest BCUT2D eigenvalue weighted by molar-refractivity contribution is 7.99. The molecule has 1 heterocycles. The molecule has 0 spiro atoms. The van der Waals surface area contributed by atoms with Crippen molar-refractivity contribution in [3.8, 4) is 0 Å². The van der Waals surface area contributed by atoms with E-state index in [0.717, 1.165) is 0 Å². The SMILES string of the molecule is CC(C)SCc1nc(N)c(C(C)C)c(=O)[nH]1. The van der Waals surface area contributed by atoms with E-state index in [0.29, 0.717) is 28.2 Å². The summed E-state index contributed by atoms with van der Waals surface area (Å²) in [5, 5.41) is 0.510. The molecule has 0 aliphatic rings. The van der Waals surface area contributed by atoms with E-state index in [4.69, 9.17) is 5.73 Å². The zero-order valence-electron chi connectivity index (χ0n) is 10.2. The Labute approximate surface area is 100 Å². The van der Waals surface area contributed by atoms with Crippen LogP contribution in [0.15, 0.2) is 4.79 Å². The fourth-order valence-electron chi connectivity index (χ4n) is 1.42. The summed E-state index contributed by atoms with van der Waals surface area (Å²) < 4.78 is 0. The standard InChI is InChI=1S/C11H19N3OS/c1-6(2)9-10(12)13-8(14-11(9)15)5-16-7(3)4/h6-7H,5H2,1-4H3,(H3,12,13,14,15). The van der Waals surface area contributed by atoms with Crippen molar-refractivity contribution in [2.24, 2.45) is 0 Å². The second-order valence-electron chi connectivity index (χ2n) is 4.33. The number of nitrogens with one attached hydrogen (secondary N) is 1. The highest BCUT2D eigenvalue weighted by Crippen LogP contribution is 2.18. The van der Waals surface area contributed by atoms with Crippen molar-refractivity contribution in [3.63, 3.8) is 0 Å². The molecule has 1 rings (SSSR count). The Hall–Kier alpha value is -0.970. The first-order chi connectivity index (χ1) is 7.41. The van der Waals surface area contributed by atoms with Gasteiger partial charge in [0, 0.05) is 0 Å². The maximum Gasteiger partial charge on any atom is 0.256 e. The van der Waals surface area contributed by atoms with Crippen molar-refractivity contribution in [2.75, 3.05) is 5.73 Å². The molecule has 3 N–H and O–H groups in total. The molecule has 1 aromatic heterocycles. The molecule has 16 heavy (non-hydrogen) atoms. The number of rotatable bonds is 4. The maximum atomic E-state index is 11.8. The highest BCUT2D eigenvalue weighted by Gasteiger charge is 2.12. The van der Waals surface area contributed by atoms with Gasteiger partial charge in [-0.2, -0.15) is 11.8 Å². The lowest BCUT2D eigenvalue weighted by Gasteiger charge is -2.09. The Kier molecular flexibility index (Phi) is 4.41. The lowest BCUT2D eigenvalue weighted by molar-refractivity contribution is 0.824. The van der Waals surface area contributed by atoms with E-state index in [1.807, 2.05) is 13.8 Å². The molecule has 0 aliphatic heterocycles. The average molecular weight is 241 g/mol. The summed E-state index contributed by atoms with van der Waals surface area (Å²) in [5.41, 5.74) is 6.26. The lowest BCUT2D eigenvalue weighted by Crippen LogP contribution is -2.20. The smallest absolute Gasteiger partial charge is 0.256 e. The van der Waals surface area contributed by atoms with Gasteiger partial charge in [0.2, 0.25) is 0 Å². The van der Waals surface area contributed by atoms with Gasteiger partial charge in [-0.15, -0.1) is 0 Å². The van der Waals surface area contributed by atoms with Crippen molar-refractivity contribution in [1.82, 2.24) is 9.97 Å². The molecule has 0 fully saturated rings. The van der Waals surface area contributed by atoms with E-state index in [1.54, 1.807) is 11.8 Å². The number of thioether (sulfide) groups is 1. The number of nitrogens with two attached hydrogens (primary N) is 1. The van der Waals surface area contributed by atoms with Crippen LogP contribution in [-0.2, 0) is 5.75 Å². The Morgan fingerprint density at radius 3 is 2.44 bits per heavy atom. The predicted molar refractivity (Wildman–Crippen MR) is 69.8 cm³/mol. The molecule has 4 nitrogen and oxygen atoms in total. The number of hydrogen-bond donors (Lipinski definition) is 2. The monoisotopic (exact) mass is 241 g/mol. The second kappa shape index (κ2) is 5.39. The van der Waals surface area contributed by atoms with Gasteiger partial charge in [-0.3, -0.25) is 4.79 Å². The second-order valence-corrected chi connectivity index (χ2v) is 5.89. The lowest BCUT2D eigenvalue weighted by atomic mass is 10.1. The van der Waals surface area contributed by atoms with Gasteiger partial charge in [-0.05, 0) is 11.2 Å². The van der Waals surface area contributed by atoms with Gasteiger partial charge in [0.25, 0.3) is 5.56 Å². The Balaban J connectivity index is 2.96. The first-order valence-corrected chi connectivity index (χ1v) is 6.46. The third-order valence-corrected chi connectivity index (χ3v) is 3.27. The van der Waals surface area contributed by atoms with Gasteiger partial charge in [0.1, 0.15) is 11.6 Å². The van der Waals surface area contributed by atoms with Crippen molar-refractivity contribution in [2.45, 2.75) is 44.6 Å². The molecule has 0 aromatic carbocycles. The molecule has 0 saturated carbocycles. The number of aromatic nitrogens is 2. The number of aromatic amines is 1. The Bertz CT molecular complexity index is 412. The number of hydrogen-bond acceptors (Lipinski definition) is 4. The molecule has 5 heteroatoms. The van der Waals surface area contributed by atoms with Crippen LogP contribution in [0.25, 0.3) is 0 Å². The number of H-pyrrole nitrogens is 1. The summed E-state index contributed by atoms with van der Waals surface area (Å²) in [6, 6.07) is 0. The van der Waals surface area contributed by atoms with Crippen LogP contribution in [0.2, 0.25) is 0 Å². The van der Waals surface area contributed by atoms with Crippen LogP contribution < -0.4 is 11.3 Å². The molecule has 90 valence electrons. The quantitative estimate of drug-likeness (QED) is 0.847. The van der Waals surface area contributed by atoms with Crippen LogP contribution in [0.5, 0.6) is 0 Å². The molecule has 0 aliphatic carbocycles. The molecule has 1 aromatic rings. The summed E-state index contributed by atoms with van der Waals surface area (Å²) in [6.07, 6.45) is 0. The fraction of sp³-hybridized carbons (Fsp3) is 0.636. The summed E-state index contributed by atoms with van der Waals surface area (Å²) in [7, 11) is 0. The first kappa shape index (κ1) is 13.1. The topological polar surface area (TPSA) is 71.8 Å². The van der Waals surface area contributed by atoms with Crippen LogP contribution >= 0.6 is 11.8 Å². The Morgan fingerprint density at radius 2 is 2.00 bits per heavy atom. The molecule has 0 unspecified atom stereocenters. The number of nitrogens with zero attached hydrogens (tertiary/aromatic N) is 1. The van der Waals surface area contributed by atoms with Gasteiger partial charge < -0.3 is 10.7 Å². The summed E-state index contributed by atoms with van der Waals surface area (Å²) in [4.78, 5) is 18.8. The number of anilines is 1. The van der Waals surface area contributed by atoms with Gasteiger partial charge >= 0.3 is 0 Å². The Morgan fingerprint density at radius 1 is 1.38 bits per heavy atom. The molecular formula is C11H19N3OS. The largest absolute Gasteiger partial charge is 0.383 e. The predicted octanol–water partition coefficient (Wildman–Crippen LogP) is 2.12. The van der Waals surface area contributed by atoms with E-state index in [-0.39, 0.29) is 11.5 Å². The van der Waals surface area contributed by atoms with Crippen LogP contribution in [0, 0.1) is 0 Å². The van der Waals surface area contributed by atoms with Crippen molar-refractivity contribution in [1.29, 1.82) is 0 Å². The summed E-state index contributed by atoms with van der Waals surface area (Å²) in [5.74, 6) is 1.81. The minimum atomic E-state index is -0.109. The van der Waals surface area contributed by atoms with Crippen LogP contribution in [-0.4, -0.2) is 15.2 Å². The third-order valence-electron chi connectivity index (χ3n) is 2.16. The molecule has 0 saturated heterocycles. The van der Waals surface area contributed by atoms with E-state index >= 15 is 0 Å². The van der Waals surface area contributed by atoms with E-state index < -0.39 is 0 Å². The molecular weight excluding hydrogens is 222 g/mol. The molecule has 0 radical (unpaired) electrons. The summed E-state index contributed by atoms with van der Waals surface area (Å²) >= 11 is 1.73. The van der Waals surface area contributed by atoms with E-state index in [2.05, 4.69) is 23.8 Å². The maximum absolute atomic E-state index is 11.8. The van der Waals surface area contributed by atoms with E-state index in [1.165, 1.54) is 0 Å². The zero-order chi connectivity index (χ0) is 12.3. The van der Waals surface area contributed by atoms with Gasteiger partial charge in [0.15, 0.2) is 0 Å². The van der Waals surface area contributed by atoms with Crippen LogP contribution in [0.3, 0.4) is 0 Å². The van der Waals surface area contributed by atoms with Crippen molar-refractivity contribution < 1.29 is 0 Å². The third kappa shape index (κ3) is 3.27. The van der Waals surface area contributed by atoms with E-state index in [9.17, 15) is 4.79 Å². The fourth-order valence-corrected chi connectivity index (χ4v) is 2.05. The normalized spacial score (nSPS) is 11.4. The van der Waals surface area contributed by atoms with Gasteiger partial charge in [0.05, 0.1) is 11.3 Å². The number of nitrogen functional groups attached to an aromatic ring is 1.